The maximum atomic E-state index is 12.7. The Labute approximate surface area is 212 Å². The van der Waals surface area contributed by atoms with Crippen LogP contribution in [0, 0.1) is 0 Å². The SMILES string of the molecule is CC(=NNc1nc2ccccc2s1)c1nc(-c2cccc(C(=O)NCc3ccccc3)c2)cnc1N. The molecule has 0 atom stereocenters. The van der Waals surface area contributed by atoms with Crippen LogP contribution in [-0.2, 0) is 6.54 Å². The maximum absolute atomic E-state index is 12.7. The minimum Gasteiger partial charge on any atom is -0.382 e. The van der Waals surface area contributed by atoms with Crippen LogP contribution in [0.1, 0.15) is 28.5 Å². The Morgan fingerprint density at radius 3 is 2.64 bits per heavy atom. The molecule has 178 valence electrons. The summed E-state index contributed by atoms with van der Waals surface area (Å²) in [5.41, 5.74) is 13.9. The number of benzene rings is 3. The fourth-order valence-electron chi connectivity index (χ4n) is 3.61. The van der Waals surface area contributed by atoms with Crippen molar-refractivity contribution in [3.63, 3.8) is 0 Å². The summed E-state index contributed by atoms with van der Waals surface area (Å²) in [7, 11) is 0. The van der Waals surface area contributed by atoms with Gasteiger partial charge in [0.25, 0.3) is 5.91 Å². The molecule has 0 aliphatic carbocycles. The van der Waals surface area contributed by atoms with Gasteiger partial charge < -0.3 is 11.1 Å². The van der Waals surface area contributed by atoms with E-state index in [0.717, 1.165) is 21.3 Å². The number of carbonyl (C=O) groups excluding carboxylic acids is 1. The van der Waals surface area contributed by atoms with Gasteiger partial charge in [0.1, 0.15) is 5.69 Å². The van der Waals surface area contributed by atoms with Crippen molar-refractivity contribution in [3.8, 4) is 11.3 Å². The van der Waals surface area contributed by atoms with E-state index in [-0.39, 0.29) is 11.7 Å². The van der Waals surface area contributed by atoms with E-state index in [1.165, 1.54) is 11.3 Å². The van der Waals surface area contributed by atoms with Crippen molar-refractivity contribution in [2.45, 2.75) is 13.5 Å². The number of thiazole rings is 1. The Morgan fingerprint density at radius 2 is 1.81 bits per heavy atom. The highest BCUT2D eigenvalue weighted by atomic mass is 32.1. The molecule has 1 amide bonds. The number of nitrogens with two attached hydrogens (primary N) is 1. The first-order chi connectivity index (χ1) is 17.6. The number of hydrazone groups is 1. The zero-order chi connectivity index (χ0) is 24.9. The van der Waals surface area contributed by atoms with Crippen LogP contribution >= 0.6 is 11.3 Å². The Kier molecular flexibility index (Phi) is 6.63. The second-order valence-corrected chi connectivity index (χ2v) is 9.06. The van der Waals surface area contributed by atoms with Gasteiger partial charge in [-0.1, -0.05) is 65.9 Å². The number of rotatable bonds is 7. The third-order valence-corrected chi connectivity index (χ3v) is 6.41. The van der Waals surface area contributed by atoms with Gasteiger partial charge in [-0.3, -0.25) is 10.2 Å². The summed E-state index contributed by atoms with van der Waals surface area (Å²) < 4.78 is 1.07. The fourth-order valence-corrected chi connectivity index (χ4v) is 4.42. The first-order valence-corrected chi connectivity index (χ1v) is 12.1. The van der Waals surface area contributed by atoms with Crippen LogP contribution in [0.5, 0.6) is 0 Å². The van der Waals surface area contributed by atoms with E-state index in [9.17, 15) is 4.79 Å². The van der Waals surface area contributed by atoms with Gasteiger partial charge in [0.15, 0.2) is 5.82 Å². The van der Waals surface area contributed by atoms with Crippen molar-refractivity contribution in [1.82, 2.24) is 20.3 Å². The molecule has 2 aromatic heterocycles. The number of anilines is 2. The first kappa shape index (κ1) is 23.1. The minimum atomic E-state index is -0.165. The standard InChI is InChI=1S/C27H23N7OS/c1-17(33-34-27-32-21-12-5-6-13-23(21)36-27)24-25(28)29-16-22(31-24)19-10-7-11-20(14-19)26(35)30-15-18-8-3-2-4-9-18/h2-14,16H,15H2,1H3,(H2,28,29)(H,30,35)(H,32,34). The fraction of sp³-hybridized carbons (Fsp3) is 0.0741. The molecule has 0 saturated heterocycles. The lowest BCUT2D eigenvalue weighted by atomic mass is 10.1. The molecule has 0 aliphatic heterocycles. The summed E-state index contributed by atoms with van der Waals surface area (Å²) in [6, 6.07) is 24.9. The Hall–Kier alpha value is -4.63. The lowest BCUT2D eigenvalue weighted by Crippen LogP contribution is -2.22. The van der Waals surface area contributed by atoms with Gasteiger partial charge in [-0.05, 0) is 36.8 Å². The third kappa shape index (κ3) is 5.21. The summed E-state index contributed by atoms with van der Waals surface area (Å²) >= 11 is 1.51. The van der Waals surface area contributed by atoms with Gasteiger partial charge in [0.05, 0.1) is 27.8 Å². The maximum Gasteiger partial charge on any atom is 0.251 e. The molecule has 0 aliphatic rings. The molecular formula is C27H23N7OS. The van der Waals surface area contributed by atoms with E-state index in [1.807, 2.05) is 66.7 Å². The predicted octanol–water partition coefficient (Wildman–Crippen LogP) is 5.10. The van der Waals surface area contributed by atoms with Gasteiger partial charge in [-0.2, -0.15) is 5.10 Å². The summed E-state index contributed by atoms with van der Waals surface area (Å²) in [5.74, 6) is 0.102. The molecular weight excluding hydrogens is 470 g/mol. The number of hydrogen-bond donors (Lipinski definition) is 3. The third-order valence-electron chi connectivity index (χ3n) is 5.47. The van der Waals surface area contributed by atoms with Crippen LogP contribution < -0.4 is 16.5 Å². The molecule has 5 rings (SSSR count). The van der Waals surface area contributed by atoms with Gasteiger partial charge in [0, 0.05) is 17.7 Å². The topological polar surface area (TPSA) is 118 Å². The van der Waals surface area contributed by atoms with Crippen molar-refractivity contribution in [1.29, 1.82) is 0 Å². The molecule has 0 spiro atoms. The zero-order valence-electron chi connectivity index (χ0n) is 19.5. The molecule has 2 heterocycles. The number of fused-ring (bicyclic) bond motifs is 1. The molecule has 9 heteroatoms. The average Bonchev–Trinajstić information content (AvgIpc) is 3.34. The van der Waals surface area contributed by atoms with Gasteiger partial charge in [0.2, 0.25) is 5.13 Å². The minimum absolute atomic E-state index is 0.165. The van der Waals surface area contributed by atoms with E-state index in [0.29, 0.717) is 34.3 Å². The number of nitrogens with zero attached hydrogens (tertiary/aromatic N) is 4. The summed E-state index contributed by atoms with van der Waals surface area (Å²) in [5, 5.41) is 8.04. The number of para-hydroxylation sites is 1. The molecule has 0 unspecified atom stereocenters. The van der Waals surface area contributed by atoms with Crippen LogP contribution in [0.3, 0.4) is 0 Å². The van der Waals surface area contributed by atoms with Gasteiger partial charge in [-0.25, -0.2) is 15.0 Å². The van der Waals surface area contributed by atoms with Crippen LogP contribution in [0.15, 0.2) is 90.2 Å². The van der Waals surface area contributed by atoms with Crippen molar-refractivity contribution in [3.05, 3.63) is 102 Å². The molecule has 3 aromatic carbocycles. The number of amides is 1. The van der Waals surface area contributed by atoms with Crippen LogP contribution in [0.2, 0.25) is 0 Å². The predicted molar refractivity (Wildman–Crippen MR) is 145 cm³/mol. The number of nitrogens with one attached hydrogen (secondary N) is 2. The highest BCUT2D eigenvalue weighted by Crippen LogP contribution is 2.26. The van der Waals surface area contributed by atoms with Crippen molar-refractivity contribution >= 4 is 44.1 Å². The normalized spacial score (nSPS) is 11.4. The molecule has 4 N–H and O–H groups in total. The number of aromatic nitrogens is 3. The van der Waals surface area contributed by atoms with Gasteiger partial charge in [-0.15, -0.1) is 0 Å². The molecule has 0 bridgehead atoms. The van der Waals surface area contributed by atoms with Crippen LogP contribution in [-0.4, -0.2) is 26.6 Å². The highest BCUT2D eigenvalue weighted by molar-refractivity contribution is 7.22. The summed E-state index contributed by atoms with van der Waals surface area (Å²) in [4.78, 5) is 26.2. The second-order valence-electron chi connectivity index (χ2n) is 8.03. The molecule has 0 radical (unpaired) electrons. The van der Waals surface area contributed by atoms with E-state index in [4.69, 9.17) is 5.73 Å². The van der Waals surface area contributed by atoms with E-state index < -0.39 is 0 Å². The van der Waals surface area contributed by atoms with Crippen LogP contribution in [0.25, 0.3) is 21.5 Å². The smallest absolute Gasteiger partial charge is 0.251 e. The second kappa shape index (κ2) is 10.3. The van der Waals surface area contributed by atoms with Gasteiger partial charge >= 0.3 is 0 Å². The van der Waals surface area contributed by atoms with Crippen molar-refractivity contribution < 1.29 is 4.79 Å². The molecule has 36 heavy (non-hydrogen) atoms. The van der Waals surface area contributed by atoms with E-state index >= 15 is 0 Å². The molecule has 0 saturated carbocycles. The summed E-state index contributed by atoms with van der Waals surface area (Å²) in [6.07, 6.45) is 1.59. The lowest BCUT2D eigenvalue weighted by Gasteiger charge is -2.09. The molecule has 0 fully saturated rings. The zero-order valence-corrected chi connectivity index (χ0v) is 20.3. The Morgan fingerprint density at radius 1 is 1.00 bits per heavy atom. The number of hydrogen-bond acceptors (Lipinski definition) is 8. The number of nitrogen functional groups attached to an aromatic ring is 1. The van der Waals surface area contributed by atoms with Crippen molar-refractivity contribution in [2.75, 3.05) is 11.2 Å². The number of carbonyl (C=O) groups is 1. The Bertz CT molecular complexity index is 1530. The molecule has 5 aromatic rings. The Balaban J connectivity index is 1.34. The van der Waals surface area contributed by atoms with Crippen LogP contribution in [0.4, 0.5) is 10.9 Å². The summed E-state index contributed by atoms with van der Waals surface area (Å²) in [6.45, 7) is 2.25. The first-order valence-electron chi connectivity index (χ1n) is 11.3. The quantitative estimate of drug-likeness (QED) is 0.214. The highest BCUT2D eigenvalue weighted by Gasteiger charge is 2.13. The van der Waals surface area contributed by atoms with E-state index in [2.05, 4.69) is 30.8 Å². The largest absolute Gasteiger partial charge is 0.382 e. The molecule has 8 nitrogen and oxygen atoms in total. The monoisotopic (exact) mass is 493 g/mol. The lowest BCUT2D eigenvalue weighted by molar-refractivity contribution is 0.0951. The van der Waals surface area contributed by atoms with E-state index in [1.54, 1.807) is 25.3 Å². The average molecular weight is 494 g/mol. The van der Waals surface area contributed by atoms with Crippen molar-refractivity contribution in [2.24, 2.45) is 5.10 Å².